The van der Waals surface area contributed by atoms with Crippen LogP contribution < -0.4 is 10.5 Å². The number of hydrogen-bond donors (Lipinski definition) is 2. The zero-order chi connectivity index (χ0) is 13.9. The third-order valence-electron chi connectivity index (χ3n) is 2.37. The van der Waals surface area contributed by atoms with Gasteiger partial charge in [0.15, 0.2) is 5.76 Å². The highest BCUT2D eigenvalue weighted by Gasteiger charge is 2.19. The first-order valence-electron chi connectivity index (χ1n) is 5.29. The van der Waals surface area contributed by atoms with Gasteiger partial charge in [-0.2, -0.15) is 0 Å². The minimum Gasteiger partial charge on any atom is -0.389 e. The predicted molar refractivity (Wildman–Crippen MR) is 72.9 cm³/mol. The second-order valence-electron chi connectivity index (χ2n) is 3.66. The fourth-order valence-electron chi connectivity index (χ4n) is 1.48. The molecule has 100 valence electrons. The van der Waals surface area contributed by atoms with E-state index in [1.807, 2.05) is 0 Å². The fraction of sp³-hybridized carbons (Fsp3) is 0.0909. The Balaban J connectivity index is 2.27. The van der Waals surface area contributed by atoms with Crippen LogP contribution in [0.5, 0.6) is 0 Å². The van der Waals surface area contributed by atoms with Crippen molar-refractivity contribution in [2.24, 2.45) is 5.73 Å². The van der Waals surface area contributed by atoms with Crippen molar-refractivity contribution < 1.29 is 12.9 Å². The molecule has 0 aliphatic carbocycles. The molecule has 19 heavy (non-hydrogen) atoms. The van der Waals surface area contributed by atoms with Gasteiger partial charge in [-0.05, 0) is 6.07 Å². The number of aromatic nitrogens is 1. The summed E-state index contributed by atoms with van der Waals surface area (Å²) in [5.41, 5.74) is 5.82. The summed E-state index contributed by atoms with van der Waals surface area (Å²) in [5.74, 6) is 0.413. The molecule has 0 bridgehead atoms. The lowest BCUT2D eigenvalue weighted by Gasteiger charge is -2.09. The molecule has 0 atom stereocenters. The molecule has 1 aromatic heterocycles. The van der Waals surface area contributed by atoms with Crippen molar-refractivity contribution in [1.29, 1.82) is 0 Å². The quantitative estimate of drug-likeness (QED) is 0.792. The third kappa shape index (κ3) is 3.16. The van der Waals surface area contributed by atoms with Crippen molar-refractivity contribution in [3.63, 3.8) is 0 Å². The van der Waals surface area contributed by atoms with Gasteiger partial charge in [-0.1, -0.05) is 35.6 Å². The van der Waals surface area contributed by atoms with Crippen LogP contribution in [0.3, 0.4) is 0 Å². The molecule has 0 unspecified atom stereocenters. The molecule has 0 fully saturated rings. The number of benzene rings is 1. The molecule has 2 rings (SSSR count). The first kappa shape index (κ1) is 13.7. The number of nitrogens with one attached hydrogen (secondary N) is 1. The van der Waals surface area contributed by atoms with Crippen LogP contribution in [-0.4, -0.2) is 18.6 Å². The molecule has 3 N–H and O–H groups in total. The van der Waals surface area contributed by atoms with Crippen LogP contribution in [0.2, 0.25) is 0 Å². The number of hydrogen-bond acceptors (Lipinski definition) is 5. The van der Waals surface area contributed by atoms with Gasteiger partial charge in [0.2, 0.25) is 10.0 Å². The molecule has 1 heterocycles. The minimum atomic E-state index is -3.72. The van der Waals surface area contributed by atoms with Gasteiger partial charge in [-0.15, -0.1) is 0 Å². The topological polar surface area (TPSA) is 98.2 Å². The Morgan fingerprint density at radius 1 is 1.37 bits per heavy atom. The highest BCUT2D eigenvalue weighted by Crippen LogP contribution is 2.15. The highest BCUT2D eigenvalue weighted by atomic mass is 32.2. The van der Waals surface area contributed by atoms with Crippen LogP contribution in [0.15, 0.2) is 45.9 Å². The highest BCUT2D eigenvalue weighted by molar-refractivity contribution is 7.89. The number of rotatable bonds is 5. The van der Waals surface area contributed by atoms with Crippen LogP contribution in [-0.2, 0) is 16.6 Å². The van der Waals surface area contributed by atoms with E-state index in [1.54, 1.807) is 24.3 Å². The second kappa shape index (κ2) is 5.47. The van der Waals surface area contributed by atoms with E-state index < -0.39 is 10.0 Å². The first-order valence-corrected chi connectivity index (χ1v) is 7.18. The van der Waals surface area contributed by atoms with Crippen LogP contribution in [0.4, 0.5) is 0 Å². The maximum Gasteiger partial charge on any atom is 0.241 e. The summed E-state index contributed by atoms with van der Waals surface area (Å²) >= 11 is 4.84. The molecule has 0 aliphatic rings. The lowest BCUT2D eigenvalue weighted by molar-refractivity contribution is 0.380. The van der Waals surface area contributed by atoms with Gasteiger partial charge < -0.3 is 10.3 Å². The fourth-order valence-corrected chi connectivity index (χ4v) is 2.94. The van der Waals surface area contributed by atoms with Gasteiger partial charge >= 0.3 is 0 Å². The molecular formula is C11H11N3O3S2. The Morgan fingerprint density at radius 2 is 2.11 bits per heavy atom. The van der Waals surface area contributed by atoms with Crippen molar-refractivity contribution in [3.8, 4) is 0 Å². The minimum absolute atomic E-state index is 0.00794. The van der Waals surface area contributed by atoms with E-state index in [1.165, 1.54) is 12.3 Å². The van der Waals surface area contributed by atoms with E-state index in [0.717, 1.165) is 0 Å². The normalized spacial score (nSPS) is 11.4. The first-order chi connectivity index (χ1) is 9.00. The zero-order valence-electron chi connectivity index (χ0n) is 9.74. The van der Waals surface area contributed by atoms with Gasteiger partial charge in [-0.25, -0.2) is 13.1 Å². The molecule has 0 radical (unpaired) electrons. The van der Waals surface area contributed by atoms with Crippen molar-refractivity contribution >= 4 is 27.2 Å². The lowest BCUT2D eigenvalue weighted by atomic mass is 10.2. The van der Waals surface area contributed by atoms with E-state index in [0.29, 0.717) is 11.3 Å². The summed E-state index contributed by atoms with van der Waals surface area (Å²) in [7, 11) is -3.72. The van der Waals surface area contributed by atoms with Crippen molar-refractivity contribution in [3.05, 3.63) is 47.9 Å². The van der Waals surface area contributed by atoms with Gasteiger partial charge in [0, 0.05) is 11.6 Å². The lowest BCUT2D eigenvalue weighted by Crippen LogP contribution is -2.26. The maximum absolute atomic E-state index is 12.2. The summed E-state index contributed by atoms with van der Waals surface area (Å²) in [6, 6.07) is 7.85. The summed E-state index contributed by atoms with van der Waals surface area (Å²) in [6.45, 7) is 0.00794. The van der Waals surface area contributed by atoms with E-state index in [9.17, 15) is 8.42 Å². The molecule has 6 nitrogen and oxygen atoms in total. The van der Waals surface area contributed by atoms with Crippen LogP contribution in [0.25, 0.3) is 0 Å². The summed E-state index contributed by atoms with van der Waals surface area (Å²) in [5, 5.41) is 3.49. The molecule has 0 saturated heterocycles. The van der Waals surface area contributed by atoms with Gasteiger partial charge in [0.1, 0.15) is 4.99 Å². The van der Waals surface area contributed by atoms with Crippen LogP contribution in [0.1, 0.15) is 11.3 Å². The Bertz CT molecular complexity index is 681. The molecular weight excluding hydrogens is 286 g/mol. The number of nitrogens with zero attached hydrogens (tertiary/aromatic N) is 1. The predicted octanol–water partition coefficient (Wildman–Crippen LogP) is 0.787. The van der Waals surface area contributed by atoms with E-state index >= 15 is 0 Å². The molecule has 0 amide bonds. The van der Waals surface area contributed by atoms with Gasteiger partial charge in [0.25, 0.3) is 0 Å². The average molecular weight is 297 g/mol. The van der Waals surface area contributed by atoms with E-state index in [4.69, 9.17) is 22.5 Å². The summed E-state index contributed by atoms with van der Waals surface area (Å²) in [6.07, 6.45) is 1.44. The second-order valence-corrected chi connectivity index (χ2v) is 5.84. The average Bonchev–Trinajstić information content (AvgIpc) is 2.89. The Hall–Kier alpha value is -1.77. The summed E-state index contributed by atoms with van der Waals surface area (Å²) in [4.78, 5) is 0.0719. The maximum atomic E-state index is 12.2. The number of sulfonamides is 1. The van der Waals surface area contributed by atoms with Gasteiger partial charge in [-0.3, -0.25) is 0 Å². The molecule has 0 saturated carbocycles. The van der Waals surface area contributed by atoms with Crippen molar-refractivity contribution in [1.82, 2.24) is 9.88 Å². The molecule has 2 aromatic rings. The number of thiocarbonyl (C=S) groups is 1. The monoisotopic (exact) mass is 297 g/mol. The molecule has 1 aromatic carbocycles. The van der Waals surface area contributed by atoms with Crippen LogP contribution in [0, 0.1) is 0 Å². The number of nitrogens with two attached hydrogens (primary N) is 1. The Morgan fingerprint density at radius 3 is 2.74 bits per heavy atom. The Kier molecular flexibility index (Phi) is 3.93. The standard InChI is InChI=1S/C11H11N3O3S2/c12-11(18)9-3-1-2-4-10(9)19(15,16)14-7-8-5-6-13-17-8/h1-6,14H,7H2,(H2,12,18). The van der Waals surface area contributed by atoms with Gasteiger partial charge in [0.05, 0.1) is 17.6 Å². The smallest absolute Gasteiger partial charge is 0.241 e. The van der Waals surface area contributed by atoms with E-state index in [-0.39, 0.29) is 16.4 Å². The molecule has 0 spiro atoms. The summed E-state index contributed by atoms with van der Waals surface area (Å²) < 4.78 is 31.5. The van der Waals surface area contributed by atoms with E-state index in [2.05, 4.69) is 9.88 Å². The SMILES string of the molecule is NC(=S)c1ccccc1S(=O)(=O)NCc1ccno1. The zero-order valence-corrected chi connectivity index (χ0v) is 11.4. The molecule has 0 aliphatic heterocycles. The Labute approximate surface area is 115 Å². The molecule has 8 heteroatoms. The third-order valence-corrected chi connectivity index (χ3v) is 4.05. The van der Waals surface area contributed by atoms with Crippen LogP contribution >= 0.6 is 12.2 Å². The largest absolute Gasteiger partial charge is 0.389 e. The van der Waals surface area contributed by atoms with Crippen molar-refractivity contribution in [2.45, 2.75) is 11.4 Å². The van der Waals surface area contributed by atoms with Crippen molar-refractivity contribution in [2.75, 3.05) is 0 Å².